The second-order valence-electron chi connectivity index (χ2n) is 3.89. The molecule has 0 saturated heterocycles. The van der Waals surface area contributed by atoms with Crippen LogP contribution in [0.3, 0.4) is 0 Å². The summed E-state index contributed by atoms with van der Waals surface area (Å²) in [6.45, 7) is 0. The molecule has 0 spiro atoms. The van der Waals surface area contributed by atoms with E-state index in [0.717, 1.165) is 5.56 Å². The molecule has 2 N–H and O–H groups in total. The topological polar surface area (TPSA) is 48.1 Å². The third kappa shape index (κ3) is 3.12. The summed E-state index contributed by atoms with van der Waals surface area (Å²) >= 11 is 17.9. The van der Waals surface area contributed by atoms with Crippen LogP contribution >= 0.6 is 34.8 Å². The highest BCUT2D eigenvalue weighted by Crippen LogP contribution is 2.31. The van der Waals surface area contributed by atoms with Gasteiger partial charge in [0.05, 0.1) is 33.9 Å². The van der Waals surface area contributed by atoms with E-state index in [4.69, 9.17) is 45.3 Å². The molecule has 0 aliphatic heterocycles. The summed E-state index contributed by atoms with van der Waals surface area (Å²) in [6.07, 6.45) is 1.51. The third-order valence-electron chi connectivity index (χ3n) is 2.67. The number of nitrogens with zero attached hydrogens (tertiary/aromatic N) is 1. The van der Waals surface area contributed by atoms with Gasteiger partial charge in [0.15, 0.2) is 0 Å². The number of nitrogens with two attached hydrogens (primary N) is 1. The van der Waals surface area contributed by atoms with Gasteiger partial charge in [0.25, 0.3) is 0 Å². The lowest BCUT2D eigenvalue weighted by atomic mass is 10.0. The zero-order chi connectivity index (χ0) is 14.0. The quantitative estimate of drug-likeness (QED) is 0.927. The molecule has 0 radical (unpaired) electrons. The largest absolute Gasteiger partial charge is 0.495 e. The fraction of sp³-hybridized carbons (Fsp3) is 0.154. The number of benzene rings is 1. The van der Waals surface area contributed by atoms with Crippen molar-refractivity contribution in [2.45, 2.75) is 6.04 Å². The lowest BCUT2D eigenvalue weighted by Gasteiger charge is -2.14. The molecule has 2 rings (SSSR count). The van der Waals surface area contributed by atoms with Crippen molar-refractivity contribution in [3.63, 3.8) is 0 Å². The van der Waals surface area contributed by atoms with Crippen LogP contribution in [-0.4, -0.2) is 12.1 Å². The first-order chi connectivity index (χ1) is 9.02. The first-order valence-corrected chi connectivity index (χ1v) is 6.56. The normalized spacial score (nSPS) is 12.3. The molecule has 1 aromatic heterocycles. The molecule has 3 nitrogen and oxygen atoms in total. The van der Waals surface area contributed by atoms with Gasteiger partial charge in [-0.05, 0) is 23.8 Å². The summed E-state index contributed by atoms with van der Waals surface area (Å²) in [6, 6.07) is 6.43. The molecular weight excluding hydrogens is 307 g/mol. The standard InChI is InChI=1S/C13H11Cl3N2O/c1-19-11-4-7(2-3-9(11)15)12(17)13-10(16)5-8(14)6-18-13/h2-6,12H,17H2,1H3. The smallest absolute Gasteiger partial charge is 0.137 e. The van der Waals surface area contributed by atoms with Gasteiger partial charge in [-0.25, -0.2) is 0 Å². The molecular formula is C13H11Cl3N2O. The van der Waals surface area contributed by atoms with Crippen molar-refractivity contribution >= 4 is 34.8 Å². The SMILES string of the molecule is COc1cc(C(N)c2ncc(Cl)cc2Cl)ccc1Cl. The molecule has 1 heterocycles. The lowest BCUT2D eigenvalue weighted by molar-refractivity contribution is 0.414. The van der Waals surface area contributed by atoms with Crippen LogP contribution in [-0.2, 0) is 0 Å². The van der Waals surface area contributed by atoms with E-state index in [-0.39, 0.29) is 0 Å². The average Bonchev–Trinajstić information content (AvgIpc) is 2.38. The van der Waals surface area contributed by atoms with Crippen LogP contribution in [0.4, 0.5) is 0 Å². The van der Waals surface area contributed by atoms with Crippen LogP contribution < -0.4 is 10.5 Å². The van der Waals surface area contributed by atoms with Gasteiger partial charge < -0.3 is 10.5 Å². The Labute approximate surface area is 126 Å². The number of hydrogen-bond donors (Lipinski definition) is 1. The number of methoxy groups -OCH3 is 1. The van der Waals surface area contributed by atoms with Crippen molar-refractivity contribution in [1.29, 1.82) is 0 Å². The Bertz CT molecular complexity index is 604. The van der Waals surface area contributed by atoms with Crippen molar-refractivity contribution in [3.8, 4) is 5.75 Å². The minimum atomic E-state index is -0.476. The van der Waals surface area contributed by atoms with Gasteiger partial charge in [0, 0.05) is 6.20 Å². The number of ether oxygens (including phenoxy) is 1. The second-order valence-corrected chi connectivity index (χ2v) is 5.14. The van der Waals surface area contributed by atoms with Crippen molar-refractivity contribution in [3.05, 3.63) is 56.8 Å². The fourth-order valence-electron chi connectivity index (χ4n) is 1.68. The monoisotopic (exact) mass is 316 g/mol. The Hall–Kier alpha value is -1.000. The van der Waals surface area contributed by atoms with Crippen LogP contribution in [0.5, 0.6) is 5.75 Å². The molecule has 2 aromatic rings. The number of hydrogen-bond acceptors (Lipinski definition) is 3. The number of pyridine rings is 1. The minimum Gasteiger partial charge on any atom is -0.495 e. The molecule has 1 aromatic carbocycles. The number of rotatable bonds is 3. The van der Waals surface area contributed by atoms with E-state index in [1.165, 1.54) is 6.20 Å². The number of aromatic nitrogens is 1. The van der Waals surface area contributed by atoms with Crippen molar-refractivity contribution < 1.29 is 4.74 Å². The fourth-order valence-corrected chi connectivity index (χ4v) is 2.37. The third-order valence-corrected chi connectivity index (χ3v) is 3.49. The summed E-state index contributed by atoms with van der Waals surface area (Å²) in [5, 5.41) is 1.41. The zero-order valence-corrected chi connectivity index (χ0v) is 12.3. The number of halogens is 3. The van der Waals surface area contributed by atoms with Crippen LogP contribution in [0.1, 0.15) is 17.3 Å². The van der Waals surface area contributed by atoms with Crippen LogP contribution in [0.25, 0.3) is 0 Å². The summed E-state index contributed by atoms with van der Waals surface area (Å²) in [5.41, 5.74) is 7.51. The maximum atomic E-state index is 6.15. The van der Waals surface area contributed by atoms with Crippen molar-refractivity contribution in [2.24, 2.45) is 5.73 Å². The van der Waals surface area contributed by atoms with Crippen molar-refractivity contribution in [1.82, 2.24) is 4.98 Å². The highest BCUT2D eigenvalue weighted by molar-refractivity contribution is 6.34. The highest BCUT2D eigenvalue weighted by Gasteiger charge is 2.16. The molecule has 19 heavy (non-hydrogen) atoms. The van der Waals surface area contributed by atoms with E-state index in [9.17, 15) is 0 Å². The Morgan fingerprint density at radius 1 is 1.16 bits per heavy atom. The van der Waals surface area contributed by atoms with E-state index in [1.54, 1.807) is 25.3 Å². The average molecular weight is 318 g/mol. The van der Waals surface area contributed by atoms with Gasteiger partial charge in [-0.2, -0.15) is 0 Å². The molecule has 100 valence electrons. The maximum Gasteiger partial charge on any atom is 0.137 e. The maximum absolute atomic E-state index is 6.15. The Morgan fingerprint density at radius 3 is 2.53 bits per heavy atom. The molecule has 0 aliphatic rings. The van der Waals surface area contributed by atoms with Gasteiger partial charge in [0.2, 0.25) is 0 Å². The van der Waals surface area contributed by atoms with Gasteiger partial charge >= 0.3 is 0 Å². The van der Waals surface area contributed by atoms with Gasteiger partial charge in [0.1, 0.15) is 5.75 Å². The molecule has 1 unspecified atom stereocenters. The van der Waals surface area contributed by atoms with E-state index in [2.05, 4.69) is 4.98 Å². The molecule has 0 fully saturated rings. The Balaban J connectivity index is 2.40. The lowest BCUT2D eigenvalue weighted by Crippen LogP contribution is -2.14. The van der Waals surface area contributed by atoms with Gasteiger partial charge in [-0.3, -0.25) is 4.98 Å². The van der Waals surface area contributed by atoms with Gasteiger partial charge in [-0.1, -0.05) is 40.9 Å². The summed E-state index contributed by atoms with van der Waals surface area (Å²) in [5.74, 6) is 0.555. The highest BCUT2D eigenvalue weighted by atomic mass is 35.5. The summed E-state index contributed by atoms with van der Waals surface area (Å²) < 4.78 is 5.16. The van der Waals surface area contributed by atoms with E-state index < -0.39 is 6.04 Å². The first-order valence-electron chi connectivity index (χ1n) is 5.43. The predicted octanol–water partition coefficient (Wildman–Crippen LogP) is 4.10. The summed E-state index contributed by atoms with van der Waals surface area (Å²) in [4.78, 5) is 4.17. The molecule has 6 heteroatoms. The first kappa shape index (κ1) is 14.4. The van der Waals surface area contributed by atoms with Crippen LogP contribution in [0.2, 0.25) is 15.1 Å². The van der Waals surface area contributed by atoms with E-state index >= 15 is 0 Å². The van der Waals surface area contributed by atoms with E-state index in [0.29, 0.717) is 26.5 Å². The minimum absolute atomic E-state index is 0.425. The van der Waals surface area contributed by atoms with Crippen LogP contribution in [0, 0.1) is 0 Å². The zero-order valence-electron chi connectivity index (χ0n) is 10.0. The molecule has 0 bridgehead atoms. The van der Waals surface area contributed by atoms with E-state index in [1.807, 2.05) is 6.07 Å². The molecule has 0 amide bonds. The van der Waals surface area contributed by atoms with Crippen molar-refractivity contribution in [2.75, 3.05) is 7.11 Å². The Morgan fingerprint density at radius 2 is 1.89 bits per heavy atom. The van der Waals surface area contributed by atoms with Crippen LogP contribution in [0.15, 0.2) is 30.5 Å². The predicted molar refractivity (Wildman–Crippen MR) is 78.3 cm³/mol. The molecule has 0 aliphatic carbocycles. The second kappa shape index (κ2) is 5.97. The summed E-state index contributed by atoms with van der Waals surface area (Å²) in [7, 11) is 1.55. The Kier molecular flexibility index (Phi) is 4.53. The molecule has 0 saturated carbocycles. The molecule has 1 atom stereocenters. The van der Waals surface area contributed by atoms with Gasteiger partial charge in [-0.15, -0.1) is 0 Å².